The summed E-state index contributed by atoms with van der Waals surface area (Å²) in [5.74, 6) is -1.24. The molecular formula is C16H19FN4O3. The van der Waals surface area contributed by atoms with Gasteiger partial charge in [0.15, 0.2) is 0 Å². The molecule has 1 N–H and O–H groups in total. The average molecular weight is 334 g/mol. The lowest BCUT2D eigenvalue weighted by atomic mass is 10.2. The normalized spacial score (nSPS) is 15.7. The van der Waals surface area contributed by atoms with Crippen molar-refractivity contribution in [3.63, 3.8) is 0 Å². The molecule has 0 atom stereocenters. The van der Waals surface area contributed by atoms with E-state index in [4.69, 9.17) is 4.74 Å². The molecule has 1 saturated heterocycles. The van der Waals surface area contributed by atoms with Gasteiger partial charge in [-0.1, -0.05) is 0 Å². The van der Waals surface area contributed by atoms with E-state index in [1.54, 1.807) is 13.0 Å². The SMILES string of the molecule is CCOC(=O)c1nc2cc(F)c(N3CCN(C)CC3)cc2[nH]c1=O. The van der Waals surface area contributed by atoms with Crippen LogP contribution in [0.15, 0.2) is 16.9 Å². The molecule has 1 aromatic carbocycles. The number of aromatic nitrogens is 2. The molecule has 0 aliphatic carbocycles. The Kier molecular flexibility index (Phi) is 4.48. The molecule has 0 unspecified atom stereocenters. The second kappa shape index (κ2) is 6.56. The zero-order valence-electron chi connectivity index (χ0n) is 13.6. The number of hydrogen-bond acceptors (Lipinski definition) is 6. The Morgan fingerprint density at radius 3 is 2.71 bits per heavy atom. The van der Waals surface area contributed by atoms with Crippen molar-refractivity contribution < 1.29 is 13.9 Å². The third-order valence-corrected chi connectivity index (χ3v) is 4.07. The summed E-state index contributed by atoms with van der Waals surface area (Å²) in [6, 6.07) is 2.81. The average Bonchev–Trinajstić information content (AvgIpc) is 2.55. The summed E-state index contributed by atoms with van der Waals surface area (Å²) >= 11 is 0. The van der Waals surface area contributed by atoms with Gasteiger partial charge in [-0.05, 0) is 20.0 Å². The Hall–Kier alpha value is -2.48. The van der Waals surface area contributed by atoms with Gasteiger partial charge >= 0.3 is 5.97 Å². The third-order valence-electron chi connectivity index (χ3n) is 4.07. The summed E-state index contributed by atoms with van der Waals surface area (Å²) in [5, 5.41) is 0. The first-order valence-electron chi connectivity index (χ1n) is 7.83. The molecule has 3 rings (SSSR count). The van der Waals surface area contributed by atoms with Crippen molar-refractivity contribution in [3.8, 4) is 0 Å². The van der Waals surface area contributed by atoms with Gasteiger partial charge in [0.2, 0.25) is 5.69 Å². The highest BCUT2D eigenvalue weighted by atomic mass is 19.1. The van der Waals surface area contributed by atoms with E-state index >= 15 is 0 Å². The van der Waals surface area contributed by atoms with Gasteiger partial charge in [0, 0.05) is 32.2 Å². The number of H-pyrrole nitrogens is 1. The first kappa shape index (κ1) is 16.4. The minimum absolute atomic E-state index is 0.134. The van der Waals surface area contributed by atoms with Gasteiger partial charge in [0.05, 0.1) is 23.3 Å². The van der Waals surface area contributed by atoms with Crippen LogP contribution in [0, 0.1) is 5.82 Å². The lowest BCUT2D eigenvalue weighted by molar-refractivity contribution is 0.0517. The van der Waals surface area contributed by atoms with E-state index in [-0.39, 0.29) is 17.8 Å². The molecule has 1 aliphatic heterocycles. The van der Waals surface area contributed by atoms with Crippen LogP contribution in [-0.2, 0) is 4.74 Å². The van der Waals surface area contributed by atoms with Crippen molar-refractivity contribution in [2.45, 2.75) is 6.92 Å². The Bertz CT molecular complexity index is 828. The molecule has 24 heavy (non-hydrogen) atoms. The highest BCUT2D eigenvalue weighted by Gasteiger charge is 2.20. The Morgan fingerprint density at radius 1 is 1.33 bits per heavy atom. The number of nitrogens with one attached hydrogen (secondary N) is 1. The number of rotatable bonds is 3. The molecule has 8 heteroatoms. The van der Waals surface area contributed by atoms with Crippen molar-refractivity contribution in [1.29, 1.82) is 0 Å². The van der Waals surface area contributed by atoms with Gasteiger partial charge in [-0.2, -0.15) is 0 Å². The second-order valence-electron chi connectivity index (χ2n) is 5.75. The molecule has 2 aromatic rings. The molecule has 0 spiro atoms. The monoisotopic (exact) mass is 334 g/mol. The Balaban J connectivity index is 2.01. The summed E-state index contributed by atoms with van der Waals surface area (Å²) in [4.78, 5) is 34.4. The summed E-state index contributed by atoms with van der Waals surface area (Å²) in [6.45, 7) is 4.86. The van der Waals surface area contributed by atoms with Gasteiger partial charge in [-0.15, -0.1) is 0 Å². The van der Waals surface area contributed by atoms with Crippen LogP contribution in [0.3, 0.4) is 0 Å². The standard InChI is InChI=1S/C16H19FN4O3/c1-3-24-16(23)14-15(22)19-12-9-13(10(17)8-11(12)18-14)21-6-4-20(2)5-7-21/h8-9H,3-7H2,1-2H3,(H,19,22). The number of esters is 1. The van der Waals surface area contributed by atoms with Gasteiger partial charge in [-0.25, -0.2) is 14.2 Å². The minimum atomic E-state index is -0.816. The van der Waals surface area contributed by atoms with E-state index in [1.807, 2.05) is 11.9 Å². The third kappa shape index (κ3) is 3.09. The zero-order valence-corrected chi connectivity index (χ0v) is 13.6. The van der Waals surface area contributed by atoms with Crippen LogP contribution < -0.4 is 10.5 Å². The molecule has 1 aliphatic rings. The smallest absolute Gasteiger partial charge is 0.362 e. The van der Waals surface area contributed by atoms with E-state index in [0.29, 0.717) is 24.3 Å². The fourth-order valence-corrected chi connectivity index (χ4v) is 2.72. The number of halogens is 1. The van der Waals surface area contributed by atoms with E-state index in [0.717, 1.165) is 13.1 Å². The molecule has 0 saturated carbocycles. The quantitative estimate of drug-likeness (QED) is 0.844. The Labute approximate surface area is 138 Å². The molecule has 0 amide bonds. The maximum Gasteiger partial charge on any atom is 0.362 e. The molecule has 0 bridgehead atoms. The molecule has 0 radical (unpaired) electrons. The fraction of sp³-hybridized carbons (Fsp3) is 0.438. The van der Waals surface area contributed by atoms with Crippen molar-refractivity contribution in [2.24, 2.45) is 0 Å². The molecule has 1 fully saturated rings. The number of ether oxygens (including phenoxy) is 1. The fourth-order valence-electron chi connectivity index (χ4n) is 2.72. The van der Waals surface area contributed by atoms with E-state index in [9.17, 15) is 14.0 Å². The summed E-state index contributed by atoms with van der Waals surface area (Å²) in [5.41, 5.74) is 0.0290. The summed E-state index contributed by atoms with van der Waals surface area (Å²) in [6.07, 6.45) is 0. The van der Waals surface area contributed by atoms with Crippen LogP contribution in [0.4, 0.5) is 10.1 Å². The summed E-state index contributed by atoms with van der Waals surface area (Å²) in [7, 11) is 2.02. The van der Waals surface area contributed by atoms with Gasteiger partial charge in [-0.3, -0.25) is 4.79 Å². The van der Waals surface area contributed by atoms with Crippen molar-refractivity contribution in [1.82, 2.24) is 14.9 Å². The van der Waals surface area contributed by atoms with Crippen LogP contribution in [0.25, 0.3) is 11.0 Å². The molecule has 1 aromatic heterocycles. The maximum atomic E-state index is 14.5. The van der Waals surface area contributed by atoms with Crippen molar-refractivity contribution in [3.05, 3.63) is 34.0 Å². The number of hydrogen-bond donors (Lipinski definition) is 1. The number of aromatic amines is 1. The van der Waals surface area contributed by atoms with Gasteiger partial charge < -0.3 is 19.5 Å². The minimum Gasteiger partial charge on any atom is -0.461 e. The number of carbonyl (C=O) groups excluding carboxylic acids is 1. The number of fused-ring (bicyclic) bond motifs is 1. The van der Waals surface area contributed by atoms with Crippen LogP contribution in [0.1, 0.15) is 17.4 Å². The van der Waals surface area contributed by atoms with Gasteiger partial charge in [0.25, 0.3) is 5.56 Å². The number of piperazine rings is 1. The zero-order chi connectivity index (χ0) is 17.3. The number of likely N-dealkylation sites (N-methyl/N-ethyl adjacent to an activating group) is 1. The first-order chi connectivity index (χ1) is 11.5. The Morgan fingerprint density at radius 2 is 2.04 bits per heavy atom. The van der Waals surface area contributed by atoms with Crippen LogP contribution in [-0.4, -0.2) is 60.7 Å². The molecular weight excluding hydrogens is 315 g/mol. The van der Waals surface area contributed by atoms with Crippen LogP contribution >= 0.6 is 0 Å². The maximum absolute atomic E-state index is 14.5. The molecule has 2 heterocycles. The second-order valence-corrected chi connectivity index (χ2v) is 5.75. The highest BCUT2D eigenvalue weighted by molar-refractivity contribution is 5.90. The lowest BCUT2D eigenvalue weighted by Crippen LogP contribution is -2.44. The van der Waals surface area contributed by atoms with Gasteiger partial charge in [0.1, 0.15) is 5.82 Å². The predicted octanol–water partition coefficient (Wildman–Crippen LogP) is 0.991. The predicted molar refractivity (Wildman–Crippen MR) is 88.0 cm³/mol. The number of carbonyl (C=O) groups is 1. The van der Waals surface area contributed by atoms with Crippen molar-refractivity contribution >= 4 is 22.7 Å². The lowest BCUT2D eigenvalue weighted by Gasteiger charge is -2.34. The van der Waals surface area contributed by atoms with Crippen LogP contribution in [0.2, 0.25) is 0 Å². The van der Waals surface area contributed by atoms with E-state index in [2.05, 4.69) is 14.9 Å². The first-order valence-corrected chi connectivity index (χ1v) is 7.83. The van der Waals surface area contributed by atoms with Crippen LogP contribution in [0.5, 0.6) is 0 Å². The van der Waals surface area contributed by atoms with E-state index in [1.165, 1.54) is 6.07 Å². The summed E-state index contributed by atoms with van der Waals surface area (Å²) < 4.78 is 19.3. The molecule has 128 valence electrons. The van der Waals surface area contributed by atoms with Crippen molar-refractivity contribution in [2.75, 3.05) is 44.7 Å². The molecule has 7 nitrogen and oxygen atoms in total. The topological polar surface area (TPSA) is 78.5 Å². The van der Waals surface area contributed by atoms with E-state index < -0.39 is 17.3 Å². The highest BCUT2D eigenvalue weighted by Crippen LogP contribution is 2.24. The largest absolute Gasteiger partial charge is 0.461 e. The number of nitrogens with zero attached hydrogens (tertiary/aromatic N) is 3. The number of anilines is 1. The number of benzene rings is 1.